The molecule has 7 nitrogen and oxygen atoms in total. The van der Waals surface area contributed by atoms with Crippen LogP contribution < -0.4 is 4.90 Å². The van der Waals surface area contributed by atoms with E-state index in [4.69, 9.17) is 0 Å². The molecule has 0 aliphatic heterocycles. The van der Waals surface area contributed by atoms with Crippen LogP contribution in [0.1, 0.15) is 0 Å². The second-order valence-corrected chi connectivity index (χ2v) is 3.99. The highest BCUT2D eigenvalue weighted by Gasteiger charge is 2.12. The first kappa shape index (κ1) is 10.6. The monoisotopic (exact) mass is 241 g/mol. The molecular formula is C11H11N7. The topological polar surface area (TPSA) is 72.1 Å². The van der Waals surface area contributed by atoms with Gasteiger partial charge in [0, 0.05) is 32.1 Å². The zero-order valence-corrected chi connectivity index (χ0v) is 10.0. The van der Waals surface area contributed by atoms with E-state index >= 15 is 0 Å². The molecule has 3 rings (SSSR count). The maximum atomic E-state index is 4.51. The first-order chi connectivity index (χ1) is 8.75. The average Bonchev–Trinajstić information content (AvgIpc) is 2.86. The van der Waals surface area contributed by atoms with Crippen LogP contribution in [0.15, 0.2) is 30.9 Å². The van der Waals surface area contributed by atoms with Crippen molar-refractivity contribution in [2.24, 2.45) is 0 Å². The molecule has 0 spiro atoms. The summed E-state index contributed by atoms with van der Waals surface area (Å²) in [5.74, 6) is 1.35. The molecule has 3 aromatic heterocycles. The molecule has 3 aromatic rings. The van der Waals surface area contributed by atoms with Crippen LogP contribution in [-0.4, -0.2) is 43.9 Å². The number of fused-ring (bicyclic) bond motifs is 1. The van der Waals surface area contributed by atoms with E-state index in [1.165, 1.54) is 0 Å². The van der Waals surface area contributed by atoms with Gasteiger partial charge in [-0.1, -0.05) is 0 Å². The predicted molar refractivity (Wildman–Crippen MR) is 66.1 cm³/mol. The third-order valence-corrected chi connectivity index (χ3v) is 2.51. The maximum absolute atomic E-state index is 4.51. The van der Waals surface area contributed by atoms with Gasteiger partial charge < -0.3 is 4.90 Å². The van der Waals surface area contributed by atoms with Gasteiger partial charge in [-0.2, -0.15) is 4.52 Å². The van der Waals surface area contributed by atoms with E-state index in [1.54, 1.807) is 23.2 Å². The molecule has 0 bridgehead atoms. The number of nitrogens with zero attached hydrogens (tertiary/aromatic N) is 7. The average molecular weight is 241 g/mol. The molecule has 18 heavy (non-hydrogen) atoms. The molecule has 0 fully saturated rings. The smallest absolute Gasteiger partial charge is 0.220 e. The van der Waals surface area contributed by atoms with Gasteiger partial charge >= 0.3 is 0 Å². The molecule has 0 N–H and O–H groups in total. The molecule has 0 aliphatic carbocycles. The fourth-order valence-electron chi connectivity index (χ4n) is 1.65. The van der Waals surface area contributed by atoms with E-state index in [1.807, 2.05) is 31.1 Å². The summed E-state index contributed by atoms with van der Waals surface area (Å²) in [5, 5.41) is 12.2. The summed E-state index contributed by atoms with van der Waals surface area (Å²) in [7, 11) is 3.82. The van der Waals surface area contributed by atoms with Crippen LogP contribution in [0.4, 0.5) is 5.82 Å². The van der Waals surface area contributed by atoms with E-state index in [9.17, 15) is 0 Å². The SMILES string of the molecule is CN(C)c1nc(-c2ccncc2)nn2cnnc12. The van der Waals surface area contributed by atoms with Crippen LogP contribution in [0, 0.1) is 0 Å². The van der Waals surface area contributed by atoms with Crippen molar-refractivity contribution in [3.63, 3.8) is 0 Å². The maximum Gasteiger partial charge on any atom is 0.220 e. The minimum absolute atomic E-state index is 0.619. The minimum Gasteiger partial charge on any atom is -0.359 e. The highest BCUT2D eigenvalue weighted by atomic mass is 15.4. The van der Waals surface area contributed by atoms with Gasteiger partial charge in [0.05, 0.1) is 0 Å². The number of pyridine rings is 1. The summed E-state index contributed by atoms with van der Waals surface area (Å²) in [6.45, 7) is 0. The van der Waals surface area contributed by atoms with Crippen molar-refractivity contribution in [1.29, 1.82) is 0 Å². The third-order valence-electron chi connectivity index (χ3n) is 2.51. The van der Waals surface area contributed by atoms with Gasteiger partial charge in [-0.3, -0.25) is 4.98 Å². The Morgan fingerprint density at radius 3 is 2.67 bits per heavy atom. The van der Waals surface area contributed by atoms with Gasteiger partial charge in [-0.15, -0.1) is 15.3 Å². The van der Waals surface area contributed by atoms with Gasteiger partial charge in [-0.05, 0) is 12.1 Å². The van der Waals surface area contributed by atoms with Crippen molar-refractivity contribution in [3.05, 3.63) is 30.9 Å². The first-order valence-electron chi connectivity index (χ1n) is 5.41. The van der Waals surface area contributed by atoms with Crippen LogP contribution in [0.5, 0.6) is 0 Å². The predicted octanol–water partition coefficient (Wildman–Crippen LogP) is 0.647. The Balaban J connectivity index is 2.25. The van der Waals surface area contributed by atoms with Crippen molar-refractivity contribution in [3.8, 4) is 11.4 Å². The van der Waals surface area contributed by atoms with E-state index < -0.39 is 0 Å². The molecule has 90 valence electrons. The van der Waals surface area contributed by atoms with Crippen molar-refractivity contribution < 1.29 is 0 Å². The largest absolute Gasteiger partial charge is 0.359 e. The van der Waals surface area contributed by atoms with E-state index in [0.717, 1.165) is 11.4 Å². The number of hydrogen-bond acceptors (Lipinski definition) is 6. The summed E-state index contributed by atoms with van der Waals surface area (Å²) in [5.41, 5.74) is 1.54. The quantitative estimate of drug-likeness (QED) is 0.656. The van der Waals surface area contributed by atoms with Crippen LogP contribution in [0.3, 0.4) is 0 Å². The van der Waals surface area contributed by atoms with Crippen LogP contribution >= 0.6 is 0 Å². The fraction of sp³-hybridized carbons (Fsp3) is 0.182. The Kier molecular flexibility index (Phi) is 2.36. The lowest BCUT2D eigenvalue weighted by molar-refractivity contribution is 0.887. The van der Waals surface area contributed by atoms with Gasteiger partial charge in [0.25, 0.3) is 0 Å². The zero-order valence-electron chi connectivity index (χ0n) is 10.0. The zero-order chi connectivity index (χ0) is 12.5. The Morgan fingerprint density at radius 2 is 1.94 bits per heavy atom. The second kappa shape index (κ2) is 4.02. The minimum atomic E-state index is 0.619. The molecule has 0 radical (unpaired) electrons. The standard InChI is InChI=1S/C11H11N7/c1-17(2)10-11-15-13-7-18(11)16-9(14-10)8-3-5-12-6-4-8/h3-7H,1-2H3. The molecule has 0 aliphatic rings. The Bertz CT molecular complexity index is 674. The summed E-state index contributed by atoms with van der Waals surface area (Å²) in [4.78, 5) is 10.4. The molecule has 3 heterocycles. The fourth-order valence-corrected chi connectivity index (χ4v) is 1.65. The Labute approximate surface area is 103 Å². The highest BCUT2D eigenvalue weighted by molar-refractivity contribution is 5.66. The lowest BCUT2D eigenvalue weighted by Gasteiger charge is -2.12. The van der Waals surface area contributed by atoms with Crippen LogP contribution in [0.2, 0.25) is 0 Å². The normalized spacial score (nSPS) is 10.8. The van der Waals surface area contributed by atoms with E-state index in [0.29, 0.717) is 11.5 Å². The van der Waals surface area contributed by atoms with Gasteiger partial charge in [0.2, 0.25) is 5.65 Å². The van der Waals surface area contributed by atoms with Crippen molar-refractivity contribution in [1.82, 2.24) is 29.8 Å². The van der Waals surface area contributed by atoms with Gasteiger partial charge in [-0.25, -0.2) is 4.98 Å². The molecule has 7 heteroatoms. The van der Waals surface area contributed by atoms with Gasteiger partial charge in [0.15, 0.2) is 11.6 Å². The summed E-state index contributed by atoms with van der Waals surface area (Å²) >= 11 is 0. The Morgan fingerprint density at radius 1 is 1.17 bits per heavy atom. The lowest BCUT2D eigenvalue weighted by Crippen LogP contribution is -2.14. The molecule has 0 amide bonds. The Hall–Kier alpha value is -2.57. The molecule has 0 atom stereocenters. The van der Waals surface area contributed by atoms with Crippen molar-refractivity contribution in [2.45, 2.75) is 0 Å². The van der Waals surface area contributed by atoms with Gasteiger partial charge in [0.1, 0.15) is 6.33 Å². The number of aromatic nitrogens is 6. The molecule has 0 aromatic carbocycles. The third kappa shape index (κ3) is 1.65. The summed E-state index contributed by atoms with van der Waals surface area (Å²) in [6, 6.07) is 3.73. The molecule has 0 saturated heterocycles. The van der Waals surface area contributed by atoms with Crippen LogP contribution in [0.25, 0.3) is 17.0 Å². The molecule has 0 saturated carbocycles. The second-order valence-electron chi connectivity index (χ2n) is 3.99. The lowest BCUT2D eigenvalue weighted by atomic mass is 10.2. The highest BCUT2D eigenvalue weighted by Crippen LogP contribution is 2.19. The van der Waals surface area contributed by atoms with Crippen molar-refractivity contribution in [2.75, 3.05) is 19.0 Å². The van der Waals surface area contributed by atoms with E-state index in [-0.39, 0.29) is 0 Å². The first-order valence-corrected chi connectivity index (χ1v) is 5.41. The number of anilines is 1. The summed E-state index contributed by atoms with van der Waals surface area (Å²) in [6.07, 6.45) is 4.99. The number of hydrogen-bond donors (Lipinski definition) is 0. The van der Waals surface area contributed by atoms with Crippen LogP contribution in [-0.2, 0) is 0 Å². The van der Waals surface area contributed by atoms with Crippen molar-refractivity contribution >= 4 is 11.5 Å². The summed E-state index contributed by atoms with van der Waals surface area (Å²) < 4.78 is 1.62. The number of rotatable bonds is 2. The molecule has 0 unspecified atom stereocenters. The molecular weight excluding hydrogens is 230 g/mol. The van der Waals surface area contributed by atoms with E-state index in [2.05, 4.69) is 25.3 Å².